The molecule has 2 N–H and O–H groups in total. The van der Waals surface area contributed by atoms with Gasteiger partial charge >= 0.3 is 0 Å². The molecule has 0 saturated carbocycles. The summed E-state index contributed by atoms with van der Waals surface area (Å²) in [6.45, 7) is 0. The summed E-state index contributed by atoms with van der Waals surface area (Å²) in [7, 11) is -3.69. The van der Waals surface area contributed by atoms with Crippen LogP contribution in [0.2, 0.25) is 0 Å². The number of phenols is 2. The highest BCUT2D eigenvalue weighted by Gasteiger charge is 2.32. The van der Waals surface area contributed by atoms with Gasteiger partial charge in [0.05, 0.1) is 9.79 Å². The SMILES string of the molecule is O=S(=O)(c1ccc(O)cc1)c1ccc(Oc2ccc(C3(c4ccc(O)cc4)C=CCCC3)cc2)cc1. The van der Waals surface area contributed by atoms with Crippen LogP contribution in [-0.4, -0.2) is 18.6 Å². The van der Waals surface area contributed by atoms with Crippen molar-refractivity contribution in [3.05, 3.63) is 120 Å². The summed E-state index contributed by atoms with van der Waals surface area (Å²) in [4.78, 5) is 0.264. The maximum Gasteiger partial charge on any atom is 0.206 e. The molecule has 0 fully saturated rings. The second-order valence-corrected chi connectivity index (χ2v) is 10.9. The fourth-order valence-corrected chi connectivity index (χ4v) is 5.94. The Morgan fingerprint density at radius 3 is 1.58 bits per heavy atom. The summed E-state index contributed by atoms with van der Waals surface area (Å²) in [6.07, 6.45) is 7.58. The van der Waals surface area contributed by atoms with E-state index in [2.05, 4.69) is 24.3 Å². The van der Waals surface area contributed by atoms with Gasteiger partial charge in [-0.25, -0.2) is 8.42 Å². The van der Waals surface area contributed by atoms with Crippen molar-refractivity contribution in [1.82, 2.24) is 0 Å². The number of aromatic hydroxyl groups is 2. The van der Waals surface area contributed by atoms with Crippen LogP contribution in [0.4, 0.5) is 0 Å². The number of hydrogen-bond donors (Lipinski definition) is 2. The number of sulfone groups is 1. The highest BCUT2D eigenvalue weighted by Crippen LogP contribution is 2.42. The minimum Gasteiger partial charge on any atom is -0.508 e. The Hall–Kier alpha value is -4.03. The van der Waals surface area contributed by atoms with Crippen LogP contribution in [0, 0.1) is 0 Å². The smallest absolute Gasteiger partial charge is 0.206 e. The number of ether oxygens (including phenoxy) is 1. The zero-order valence-electron chi connectivity index (χ0n) is 19.5. The Labute approximate surface area is 210 Å². The van der Waals surface area contributed by atoms with E-state index in [1.165, 1.54) is 36.4 Å². The molecule has 0 amide bonds. The van der Waals surface area contributed by atoms with Crippen molar-refractivity contribution in [1.29, 1.82) is 0 Å². The monoisotopic (exact) mass is 498 g/mol. The van der Waals surface area contributed by atoms with Gasteiger partial charge in [0.25, 0.3) is 0 Å². The average molecular weight is 499 g/mol. The number of hydrogen-bond acceptors (Lipinski definition) is 5. The van der Waals surface area contributed by atoms with Crippen LogP contribution in [0.15, 0.2) is 119 Å². The molecule has 0 aliphatic heterocycles. The molecule has 0 radical (unpaired) electrons. The summed E-state index contributed by atoms with van der Waals surface area (Å²) in [5, 5.41) is 19.2. The molecule has 0 spiro atoms. The molecular weight excluding hydrogens is 472 g/mol. The van der Waals surface area contributed by atoms with Crippen molar-refractivity contribution in [3.8, 4) is 23.0 Å². The van der Waals surface area contributed by atoms with Crippen LogP contribution < -0.4 is 4.74 Å². The highest BCUT2D eigenvalue weighted by molar-refractivity contribution is 7.91. The summed E-state index contributed by atoms with van der Waals surface area (Å²) < 4.78 is 31.6. The number of phenolic OH excluding ortho intramolecular Hbond substituents is 2. The third-order valence-electron chi connectivity index (χ3n) is 6.61. The standard InChI is InChI=1S/C30H26O5S/c31-24-8-4-22(5-9-24)30(20-2-1-3-21-30)23-6-12-26(13-7-23)35-27-14-18-29(19-15-27)36(33,34)28-16-10-25(32)11-17-28/h2,4-20,31-32H,1,3,21H2. The van der Waals surface area contributed by atoms with E-state index in [0.717, 1.165) is 30.4 Å². The summed E-state index contributed by atoms with van der Waals surface area (Å²) >= 11 is 0. The van der Waals surface area contributed by atoms with Crippen LogP contribution in [-0.2, 0) is 15.3 Å². The topological polar surface area (TPSA) is 83.8 Å². The zero-order chi connectivity index (χ0) is 25.2. The Morgan fingerprint density at radius 1 is 0.639 bits per heavy atom. The predicted molar refractivity (Wildman–Crippen MR) is 138 cm³/mol. The minimum absolute atomic E-state index is 0.0113. The van der Waals surface area contributed by atoms with Crippen molar-refractivity contribution in [3.63, 3.8) is 0 Å². The number of benzene rings is 4. The lowest BCUT2D eigenvalue weighted by atomic mass is 9.69. The van der Waals surface area contributed by atoms with Crippen LogP contribution in [0.5, 0.6) is 23.0 Å². The molecule has 4 aromatic rings. The molecule has 1 aliphatic rings. The second-order valence-electron chi connectivity index (χ2n) is 8.91. The van der Waals surface area contributed by atoms with Gasteiger partial charge in [0, 0.05) is 5.41 Å². The van der Waals surface area contributed by atoms with Crippen LogP contribution in [0.25, 0.3) is 0 Å². The molecule has 6 heteroatoms. The Balaban J connectivity index is 1.36. The lowest BCUT2D eigenvalue weighted by molar-refractivity contribution is 0.473. The molecule has 5 nitrogen and oxygen atoms in total. The Bertz CT molecular complexity index is 1470. The molecule has 1 unspecified atom stereocenters. The van der Waals surface area contributed by atoms with Crippen LogP contribution in [0.1, 0.15) is 30.4 Å². The molecule has 4 aromatic carbocycles. The molecule has 182 valence electrons. The van der Waals surface area contributed by atoms with Gasteiger partial charge in [-0.2, -0.15) is 0 Å². The summed E-state index contributed by atoms with van der Waals surface area (Å²) in [5.41, 5.74) is 2.02. The molecule has 36 heavy (non-hydrogen) atoms. The first-order valence-corrected chi connectivity index (χ1v) is 13.2. The van der Waals surface area contributed by atoms with Gasteiger partial charge in [-0.3, -0.25) is 0 Å². The lowest BCUT2D eigenvalue weighted by Gasteiger charge is -2.34. The second kappa shape index (κ2) is 9.55. The minimum atomic E-state index is -3.69. The average Bonchev–Trinajstić information content (AvgIpc) is 2.90. The fourth-order valence-electron chi connectivity index (χ4n) is 4.68. The molecule has 0 aromatic heterocycles. The predicted octanol–water partition coefficient (Wildman–Crippen LogP) is 6.75. The molecule has 5 rings (SSSR count). The maximum absolute atomic E-state index is 12.8. The van der Waals surface area contributed by atoms with E-state index in [-0.39, 0.29) is 26.7 Å². The van der Waals surface area contributed by atoms with Gasteiger partial charge in [0.15, 0.2) is 0 Å². The van der Waals surface area contributed by atoms with Gasteiger partial charge in [-0.1, -0.05) is 36.4 Å². The zero-order valence-corrected chi connectivity index (χ0v) is 20.4. The molecule has 1 aliphatic carbocycles. The maximum atomic E-state index is 12.8. The molecule has 0 heterocycles. The fraction of sp³-hybridized carbons (Fsp3) is 0.133. The molecular formula is C30H26O5S. The van der Waals surface area contributed by atoms with Crippen molar-refractivity contribution in [2.45, 2.75) is 34.5 Å². The Morgan fingerprint density at radius 2 is 1.08 bits per heavy atom. The van der Waals surface area contributed by atoms with Gasteiger partial charge < -0.3 is 14.9 Å². The number of rotatable bonds is 6. The third kappa shape index (κ3) is 4.60. The van der Waals surface area contributed by atoms with E-state index in [9.17, 15) is 18.6 Å². The third-order valence-corrected chi connectivity index (χ3v) is 8.40. The molecule has 1 atom stereocenters. The van der Waals surface area contributed by atoms with Gasteiger partial charge in [-0.05, 0) is 103 Å². The van der Waals surface area contributed by atoms with E-state index in [0.29, 0.717) is 11.5 Å². The van der Waals surface area contributed by atoms with E-state index >= 15 is 0 Å². The first-order chi connectivity index (χ1) is 17.4. The van der Waals surface area contributed by atoms with Gasteiger partial charge in [0.1, 0.15) is 23.0 Å². The van der Waals surface area contributed by atoms with E-state index in [4.69, 9.17) is 4.74 Å². The largest absolute Gasteiger partial charge is 0.508 e. The molecule has 0 saturated heterocycles. The number of allylic oxidation sites excluding steroid dienone is 2. The van der Waals surface area contributed by atoms with Crippen molar-refractivity contribution in [2.24, 2.45) is 0 Å². The van der Waals surface area contributed by atoms with E-state index < -0.39 is 9.84 Å². The van der Waals surface area contributed by atoms with E-state index in [1.807, 2.05) is 24.3 Å². The first kappa shape index (κ1) is 23.7. The first-order valence-electron chi connectivity index (χ1n) is 11.8. The van der Waals surface area contributed by atoms with E-state index in [1.54, 1.807) is 24.3 Å². The van der Waals surface area contributed by atoms with Crippen molar-refractivity contribution >= 4 is 9.84 Å². The highest BCUT2D eigenvalue weighted by atomic mass is 32.2. The Kier molecular flexibility index (Phi) is 6.29. The van der Waals surface area contributed by atoms with Crippen LogP contribution >= 0.6 is 0 Å². The summed E-state index contributed by atoms with van der Waals surface area (Å²) in [5.74, 6) is 1.43. The quantitative estimate of drug-likeness (QED) is 0.287. The normalized spacial score (nSPS) is 17.6. The van der Waals surface area contributed by atoms with Gasteiger partial charge in [-0.15, -0.1) is 0 Å². The molecule has 0 bridgehead atoms. The summed E-state index contributed by atoms with van der Waals surface area (Å²) in [6, 6.07) is 27.1. The van der Waals surface area contributed by atoms with Gasteiger partial charge in [0.2, 0.25) is 9.84 Å². The van der Waals surface area contributed by atoms with Crippen molar-refractivity contribution < 1.29 is 23.4 Å². The lowest BCUT2D eigenvalue weighted by Crippen LogP contribution is -2.27. The van der Waals surface area contributed by atoms with Crippen LogP contribution in [0.3, 0.4) is 0 Å². The van der Waals surface area contributed by atoms with Crippen molar-refractivity contribution in [2.75, 3.05) is 0 Å².